The number of hydrogen-bond donors (Lipinski definition) is 1. The van der Waals surface area contributed by atoms with Gasteiger partial charge in [-0.15, -0.1) is 0 Å². The van der Waals surface area contributed by atoms with E-state index in [0.717, 1.165) is 15.4 Å². The Morgan fingerprint density at radius 3 is 2.65 bits per heavy atom. The third-order valence-corrected chi connectivity index (χ3v) is 4.61. The fraction of sp³-hybridized carbons (Fsp3) is 0.0500. The Bertz CT molecular complexity index is 1070. The second-order valence-corrected chi connectivity index (χ2v) is 6.75. The molecule has 1 N–H and O–H groups in total. The number of carbonyl (C=O) groups is 1. The quantitative estimate of drug-likeness (QED) is 0.542. The molecule has 5 nitrogen and oxygen atoms in total. The van der Waals surface area contributed by atoms with Crippen LogP contribution in [0.4, 0.5) is 5.82 Å². The molecule has 0 unspecified atom stereocenters. The summed E-state index contributed by atoms with van der Waals surface area (Å²) < 4.78 is 2.79. The molecule has 1 amide bonds. The van der Waals surface area contributed by atoms with Crippen molar-refractivity contribution in [2.24, 2.45) is 0 Å². The molecule has 4 aromatic rings. The van der Waals surface area contributed by atoms with Gasteiger partial charge in [-0.3, -0.25) is 9.78 Å². The van der Waals surface area contributed by atoms with E-state index in [2.05, 4.69) is 31.3 Å². The Morgan fingerprint density at radius 2 is 1.81 bits per heavy atom. The highest BCUT2D eigenvalue weighted by Crippen LogP contribution is 2.18. The first-order valence-electron chi connectivity index (χ1n) is 8.12. The van der Waals surface area contributed by atoms with Crippen molar-refractivity contribution in [1.29, 1.82) is 0 Å². The number of nitrogens with zero attached hydrogens (tertiary/aromatic N) is 3. The second kappa shape index (κ2) is 7.09. The number of pyridine rings is 1. The van der Waals surface area contributed by atoms with Crippen molar-refractivity contribution in [3.05, 3.63) is 88.7 Å². The molecular formula is C20H15BrN4O. The van der Waals surface area contributed by atoms with Crippen LogP contribution < -0.4 is 5.32 Å². The first kappa shape index (κ1) is 16.5. The average molecular weight is 407 g/mol. The molecule has 0 atom stereocenters. The Hall–Kier alpha value is -2.99. The first-order chi connectivity index (χ1) is 12.7. The standard InChI is InChI=1S/C20H15BrN4O/c21-16-8-6-14(7-9-16)13-25-18(10-12-23-25)24-20(26)17-5-1-3-15-4-2-11-22-19(15)17/h1-12H,13H2,(H,24,26). The fourth-order valence-electron chi connectivity index (χ4n) is 2.80. The predicted octanol–water partition coefficient (Wildman–Crippen LogP) is 4.49. The molecule has 2 aromatic carbocycles. The Balaban J connectivity index is 1.59. The zero-order valence-corrected chi connectivity index (χ0v) is 15.3. The second-order valence-electron chi connectivity index (χ2n) is 5.84. The molecule has 6 heteroatoms. The van der Waals surface area contributed by atoms with E-state index in [-0.39, 0.29) is 5.91 Å². The van der Waals surface area contributed by atoms with Gasteiger partial charge in [0.15, 0.2) is 0 Å². The number of nitrogens with one attached hydrogen (secondary N) is 1. The monoisotopic (exact) mass is 406 g/mol. The SMILES string of the molecule is O=C(Nc1ccnn1Cc1ccc(Br)cc1)c1cccc2cccnc12. The molecule has 128 valence electrons. The summed E-state index contributed by atoms with van der Waals surface area (Å²) in [4.78, 5) is 17.1. The van der Waals surface area contributed by atoms with E-state index in [4.69, 9.17) is 0 Å². The summed E-state index contributed by atoms with van der Waals surface area (Å²) >= 11 is 3.43. The Labute approximate surface area is 158 Å². The lowest BCUT2D eigenvalue weighted by Gasteiger charge is -2.10. The highest BCUT2D eigenvalue weighted by Gasteiger charge is 2.13. The van der Waals surface area contributed by atoms with Gasteiger partial charge in [0.25, 0.3) is 5.91 Å². The van der Waals surface area contributed by atoms with Crippen molar-refractivity contribution >= 4 is 38.6 Å². The van der Waals surface area contributed by atoms with Crippen LogP contribution in [-0.2, 0) is 6.54 Å². The summed E-state index contributed by atoms with van der Waals surface area (Å²) in [5, 5.41) is 8.19. The van der Waals surface area contributed by atoms with Crippen molar-refractivity contribution in [3.8, 4) is 0 Å². The van der Waals surface area contributed by atoms with Crippen molar-refractivity contribution in [3.63, 3.8) is 0 Å². The number of fused-ring (bicyclic) bond motifs is 1. The van der Waals surface area contributed by atoms with Crippen molar-refractivity contribution in [2.75, 3.05) is 5.32 Å². The molecule has 0 saturated carbocycles. The lowest BCUT2D eigenvalue weighted by atomic mass is 10.1. The third kappa shape index (κ3) is 3.36. The van der Waals surface area contributed by atoms with Gasteiger partial charge >= 0.3 is 0 Å². The molecule has 26 heavy (non-hydrogen) atoms. The summed E-state index contributed by atoms with van der Waals surface area (Å²) in [5.74, 6) is 0.442. The third-order valence-electron chi connectivity index (χ3n) is 4.08. The maximum absolute atomic E-state index is 12.8. The van der Waals surface area contributed by atoms with Crippen LogP contribution in [0.5, 0.6) is 0 Å². The van der Waals surface area contributed by atoms with Crippen LogP contribution in [0.15, 0.2) is 77.5 Å². The molecule has 0 aliphatic rings. The van der Waals surface area contributed by atoms with Crippen LogP contribution in [0.3, 0.4) is 0 Å². The normalized spacial score (nSPS) is 10.8. The van der Waals surface area contributed by atoms with Crippen LogP contribution in [0.2, 0.25) is 0 Å². The molecule has 0 bridgehead atoms. The topological polar surface area (TPSA) is 59.8 Å². The molecule has 0 radical (unpaired) electrons. The number of halogens is 1. The molecule has 0 fully saturated rings. The van der Waals surface area contributed by atoms with E-state index in [1.807, 2.05) is 48.5 Å². The van der Waals surface area contributed by atoms with E-state index in [1.54, 1.807) is 29.2 Å². The molecular weight excluding hydrogens is 392 g/mol. The Kier molecular flexibility index (Phi) is 4.50. The van der Waals surface area contributed by atoms with E-state index < -0.39 is 0 Å². The maximum atomic E-state index is 12.8. The first-order valence-corrected chi connectivity index (χ1v) is 8.91. The molecule has 0 aliphatic carbocycles. The zero-order valence-electron chi connectivity index (χ0n) is 13.8. The Morgan fingerprint density at radius 1 is 1.00 bits per heavy atom. The van der Waals surface area contributed by atoms with Crippen molar-refractivity contribution < 1.29 is 4.79 Å². The highest BCUT2D eigenvalue weighted by atomic mass is 79.9. The van der Waals surface area contributed by atoms with Gasteiger partial charge in [-0.25, -0.2) is 4.68 Å². The van der Waals surface area contributed by atoms with Gasteiger partial charge in [0.05, 0.1) is 23.8 Å². The average Bonchev–Trinajstić information content (AvgIpc) is 3.09. The van der Waals surface area contributed by atoms with Gasteiger partial charge in [-0.1, -0.05) is 46.3 Å². The number of para-hydroxylation sites is 1. The smallest absolute Gasteiger partial charge is 0.259 e. The molecule has 4 rings (SSSR count). The minimum absolute atomic E-state index is 0.202. The molecule has 0 spiro atoms. The number of aromatic nitrogens is 3. The molecule has 0 aliphatic heterocycles. The van der Waals surface area contributed by atoms with Gasteiger partial charge in [0, 0.05) is 22.1 Å². The number of benzene rings is 2. The summed E-state index contributed by atoms with van der Waals surface area (Å²) in [6, 6.07) is 19.2. The van der Waals surface area contributed by atoms with Crippen LogP contribution in [-0.4, -0.2) is 20.7 Å². The van der Waals surface area contributed by atoms with E-state index in [0.29, 0.717) is 23.4 Å². The number of carbonyl (C=O) groups excluding carboxylic acids is 1. The van der Waals surface area contributed by atoms with Crippen molar-refractivity contribution in [1.82, 2.24) is 14.8 Å². The van der Waals surface area contributed by atoms with Gasteiger partial charge < -0.3 is 5.32 Å². The van der Waals surface area contributed by atoms with Gasteiger partial charge in [-0.2, -0.15) is 5.10 Å². The summed E-state index contributed by atoms with van der Waals surface area (Å²) in [5.41, 5.74) is 2.32. The van der Waals surface area contributed by atoms with E-state index >= 15 is 0 Å². The predicted molar refractivity (Wildman–Crippen MR) is 105 cm³/mol. The lowest BCUT2D eigenvalue weighted by Crippen LogP contribution is -2.16. The van der Waals surface area contributed by atoms with E-state index in [9.17, 15) is 4.79 Å². The fourth-order valence-corrected chi connectivity index (χ4v) is 3.06. The number of anilines is 1. The summed E-state index contributed by atoms with van der Waals surface area (Å²) in [6.07, 6.45) is 3.37. The van der Waals surface area contributed by atoms with Gasteiger partial charge in [0.1, 0.15) is 5.82 Å². The minimum Gasteiger partial charge on any atom is -0.307 e. The van der Waals surface area contributed by atoms with Gasteiger partial charge in [-0.05, 0) is 29.8 Å². The van der Waals surface area contributed by atoms with Crippen molar-refractivity contribution in [2.45, 2.75) is 6.54 Å². The number of amides is 1. The molecule has 2 aromatic heterocycles. The molecule has 2 heterocycles. The highest BCUT2D eigenvalue weighted by molar-refractivity contribution is 9.10. The maximum Gasteiger partial charge on any atom is 0.259 e. The lowest BCUT2D eigenvalue weighted by molar-refractivity contribution is 0.102. The van der Waals surface area contributed by atoms with Gasteiger partial charge in [0.2, 0.25) is 0 Å². The summed E-state index contributed by atoms with van der Waals surface area (Å²) in [7, 11) is 0. The number of hydrogen-bond acceptors (Lipinski definition) is 3. The number of rotatable bonds is 4. The largest absolute Gasteiger partial charge is 0.307 e. The van der Waals surface area contributed by atoms with Crippen LogP contribution in [0.25, 0.3) is 10.9 Å². The van der Waals surface area contributed by atoms with Crippen LogP contribution >= 0.6 is 15.9 Å². The van der Waals surface area contributed by atoms with Crippen LogP contribution in [0, 0.1) is 0 Å². The van der Waals surface area contributed by atoms with E-state index in [1.165, 1.54) is 0 Å². The minimum atomic E-state index is -0.202. The van der Waals surface area contributed by atoms with Crippen LogP contribution in [0.1, 0.15) is 15.9 Å². The summed E-state index contributed by atoms with van der Waals surface area (Å²) in [6.45, 7) is 0.573. The molecule has 0 saturated heterocycles. The zero-order chi connectivity index (χ0) is 17.9.